The highest BCUT2D eigenvalue weighted by Crippen LogP contribution is 2.55. The second-order valence-electron chi connectivity index (χ2n) is 17.1. The number of benzene rings is 2. The summed E-state index contributed by atoms with van der Waals surface area (Å²) in [5.41, 5.74) is 4.78. The van der Waals surface area contributed by atoms with E-state index in [1.807, 2.05) is 36.4 Å². The predicted molar refractivity (Wildman–Crippen MR) is 216 cm³/mol. The Hall–Kier alpha value is -2.47. The highest BCUT2D eigenvalue weighted by atomic mass is 35.5. The second-order valence-corrected chi connectivity index (χ2v) is 18.7. The van der Waals surface area contributed by atoms with Gasteiger partial charge in [-0.1, -0.05) is 68.8 Å². The smallest absolute Gasteiger partial charge is 0.174 e. The topological polar surface area (TPSA) is 106 Å². The van der Waals surface area contributed by atoms with Crippen molar-refractivity contribution in [3.63, 3.8) is 0 Å². The van der Waals surface area contributed by atoms with Crippen molar-refractivity contribution in [2.75, 3.05) is 13.2 Å². The molecule has 0 N–H and O–H groups in total. The summed E-state index contributed by atoms with van der Waals surface area (Å²) in [6, 6.07) is 10.9. The Morgan fingerprint density at radius 3 is 1.40 bits per heavy atom. The summed E-state index contributed by atoms with van der Waals surface area (Å²) in [7, 11) is 0. The fourth-order valence-corrected chi connectivity index (χ4v) is 11.5. The molecule has 13 heteroatoms. The zero-order valence-corrected chi connectivity index (χ0v) is 34.7. The summed E-state index contributed by atoms with van der Waals surface area (Å²) in [6.45, 7) is 2.31. The molecule has 4 atom stereocenters. The van der Waals surface area contributed by atoms with Gasteiger partial charge in [0, 0.05) is 57.8 Å². The van der Waals surface area contributed by atoms with Crippen molar-refractivity contribution in [2.45, 2.75) is 120 Å². The first-order valence-corrected chi connectivity index (χ1v) is 22.2. The molecule has 4 aromatic rings. The Kier molecular flexibility index (Phi) is 10.8. The Balaban J connectivity index is 0.000000140. The maximum absolute atomic E-state index is 12.1. The molecule has 3 heterocycles. The van der Waals surface area contributed by atoms with Gasteiger partial charge in [0.15, 0.2) is 5.79 Å². The van der Waals surface area contributed by atoms with Crippen molar-refractivity contribution in [2.24, 2.45) is 23.7 Å². The van der Waals surface area contributed by atoms with Crippen LogP contribution in [0, 0.1) is 23.7 Å². The molecule has 2 aromatic heterocycles. The van der Waals surface area contributed by atoms with Crippen LogP contribution in [-0.2, 0) is 37.0 Å². The van der Waals surface area contributed by atoms with Gasteiger partial charge in [0.25, 0.3) is 0 Å². The molecule has 4 unspecified atom stereocenters. The minimum atomic E-state index is -0.341. The molecule has 6 saturated carbocycles. The van der Waals surface area contributed by atoms with E-state index in [-0.39, 0.29) is 29.8 Å². The first-order valence-electron chi connectivity index (χ1n) is 20.7. The van der Waals surface area contributed by atoms with Crippen molar-refractivity contribution in [1.82, 2.24) is 10.3 Å². The molecule has 7 fully saturated rings. The summed E-state index contributed by atoms with van der Waals surface area (Å²) in [4.78, 5) is 12.1. The van der Waals surface area contributed by atoms with Gasteiger partial charge in [0.1, 0.15) is 28.7 Å². The lowest BCUT2D eigenvalue weighted by Gasteiger charge is -2.41. The third kappa shape index (κ3) is 7.41. The van der Waals surface area contributed by atoms with Gasteiger partial charge in [-0.15, -0.1) is 0 Å². The van der Waals surface area contributed by atoms with Gasteiger partial charge in [-0.3, -0.25) is 4.79 Å². The van der Waals surface area contributed by atoms with Crippen LogP contribution in [0.25, 0.3) is 22.5 Å². The van der Waals surface area contributed by atoms with Crippen LogP contribution in [0.15, 0.2) is 45.4 Å². The van der Waals surface area contributed by atoms with Gasteiger partial charge in [-0.2, -0.15) is 0 Å². The average Bonchev–Trinajstić information content (AvgIpc) is 4.07. The second kappa shape index (κ2) is 15.9. The van der Waals surface area contributed by atoms with Gasteiger partial charge in [-0.05, 0) is 101 Å². The molecule has 1 saturated heterocycles. The van der Waals surface area contributed by atoms with E-state index in [0.29, 0.717) is 92.9 Å². The first kappa shape index (κ1) is 38.7. The van der Waals surface area contributed by atoms with Crippen molar-refractivity contribution in [3.8, 4) is 22.5 Å². The molecule has 2 aromatic carbocycles. The maximum Gasteiger partial charge on any atom is 0.174 e. The lowest BCUT2D eigenvalue weighted by Crippen LogP contribution is -2.47. The normalized spacial score (nSPS) is 28.6. The number of hydrogen-bond acceptors (Lipinski definition) is 9. The zero-order valence-electron chi connectivity index (χ0n) is 31.7. The molecule has 1 aliphatic heterocycles. The number of halogens is 4. The van der Waals surface area contributed by atoms with Crippen LogP contribution in [0.4, 0.5) is 0 Å². The van der Waals surface area contributed by atoms with Crippen LogP contribution >= 0.6 is 46.4 Å². The predicted octanol–water partition coefficient (Wildman–Crippen LogP) is 11.8. The van der Waals surface area contributed by atoms with E-state index in [2.05, 4.69) is 10.3 Å². The molecular formula is C44H46Cl4N2O7. The van der Waals surface area contributed by atoms with Gasteiger partial charge >= 0.3 is 0 Å². The van der Waals surface area contributed by atoms with Crippen molar-refractivity contribution in [1.29, 1.82) is 0 Å². The van der Waals surface area contributed by atoms with Crippen LogP contribution in [0.5, 0.6) is 0 Å². The van der Waals surface area contributed by atoms with E-state index in [9.17, 15) is 4.79 Å². The van der Waals surface area contributed by atoms with E-state index >= 15 is 0 Å². The van der Waals surface area contributed by atoms with Crippen molar-refractivity contribution >= 4 is 52.2 Å². The van der Waals surface area contributed by atoms with Gasteiger partial charge in [0.05, 0.1) is 58.7 Å². The molecule has 57 heavy (non-hydrogen) atoms. The summed E-state index contributed by atoms with van der Waals surface area (Å²) in [5.74, 6) is 4.00. The molecular weight excluding hydrogens is 810 g/mol. The molecule has 0 amide bonds. The molecule has 302 valence electrons. The lowest BCUT2D eigenvalue weighted by atomic mass is 9.81. The summed E-state index contributed by atoms with van der Waals surface area (Å²) in [6.07, 6.45) is 12.8. The van der Waals surface area contributed by atoms with E-state index in [4.69, 9.17) is 74.4 Å². The third-order valence-corrected chi connectivity index (χ3v) is 14.7. The molecule has 1 spiro atoms. The highest BCUT2D eigenvalue weighted by molar-refractivity contribution is 6.39. The van der Waals surface area contributed by atoms with E-state index in [0.717, 1.165) is 105 Å². The summed E-state index contributed by atoms with van der Waals surface area (Å²) >= 11 is 25.8. The van der Waals surface area contributed by atoms with Crippen LogP contribution in [0.2, 0.25) is 20.1 Å². The highest BCUT2D eigenvalue weighted by Gasteiger charge is 2.58. The van der Waals surface area contributed by atoms with E-state index in [1.165, 1.54) is 0 Å². The number of aromatic nitrogens is 2. The molecule has 11 rings (SSSR count). The number of ketones is 1. The van der Waals surface area contributed by atoms with Gasteiger partial charge in [-0.25, -0.2) is 0 Å². The molecule has 4 bridgehead atoms. The van der Waals surface area contributed by atoms with Crippen molar-refractivity contribution in [3.05, 3.63) is 79.1 Å². The third-order valence-electron chi connectivity index (χ3n) is 13.5. The lowest BCUT2D eigenvalue weighted by molar-refractivity contribution is -0.238. The number of rotatable bonds is 10. The summed E-state index contributed by atoms with van der Waals surface area (Å²) in [5, 5.41) is 10.9. The number of nitrogens with zero attached hydrogens (tertiary/aromatic N) is 2. The Morgan fingerprint density at radius 1 is 0.579 bits per heavy atom. The fraction of sp³-hybridized carbons (Fsp3) is 0.568. The Bertz CT molecular complexity index is 2070. The number of carbonyl (C=O) groups excluding carboxylic acids is 1. The number of fused-ring (bicyclic) bond motifs is 2. The number of carbonyl (C=O) groups is 1. The SMILES string of the molecule is Clc1cccc(Cl)c1-c1noc(C2CC2)c1COC1CC2CCC(C1)C21OCCO1.O=C1C2CCC1CC(OCc1c(-c3c(Cl)cccc3Cl)noc1C1CC1)C2. The number of ether oxygens (including phenoxy) is 4. The minimum absolute atomic E-state index is 0.122. The molecule has 0 radical (unpaired) electrons. The van der Waals surface area contributed by atoms with E-state index in [1.54, 1.807) is 0 Å². The average molecular weight is 857 g/mol. The van der Waals surface area contributed by atoms with Crippen molar-refractivity contribution < 1.29 is 32.8 Å². The van der Waals surface area contributed by atoms with Crippen LogP contribution in [-0.4, -0.2) is 47.3 Å². The largest absolute Gasteiger partial charge is 0.373 e. The van der Waals surface area contributed by atoms with Gasteiger partial charge < -0.3 is 28.0 Å². The van der Waals surface area contributed by atoms with Crippen LogP contribution in [0.1, 0.15) is 112 Å². The maximum atomic E-state index is 12.1. The summed E-state index contributed by atoms with van der Waals surface area (Å²) < 4.78 is 36.4. The monoisotopic (exact) mass is 854 g/mol. The Labute approximate surface area is 352 Å². The first-order chi connectivity index (χ1) is 27.8. The molecule has 7 aliphatic rings. The fourth-order valence-electron chi connectivity index (χ4n) is 10.3. The Morgan fingerprint density at radius 2 is 0.982 bits per heavy atom. The van der Waals surface area contributed by atoms with Crippen LogP contribution < -0.4 is 0 Å². The number of hydrogen-bond donors (Lipinski definition) is 0. The molecule has 6 aliphatic carbocycles. The van der Waals surface area contributed by atoms with Crippen LogP contribution in [0.3, 0.4) is 0 Å². The van der Waals surface area contributed by atoms with Gasteiger partial charge in [0.2, 0.25) is 0 Å². The quantitative estimate of drug-likeness (QED) is 0.154. The zero-order chi connectivity index (χ0) is 38.8. The molecule has 9 nitrogen and oxygen atoms in total. The number of Topliss-reactive ketones (excluding diaryl/α,β-unsaturated/α-hetero) is 1. The van der Waals surface area contributed by atoms with E-state index < -0.39 is 0 Å². The standard InChI is InChI=1S/C23H25Cl2NO4.C21H21Cl2NO3/c24-18-2-1-3-19(25)20(18)21-17(22(30-26-21)13-4-5-13)12-27-16-10-14-6-7-15(11-16)23(14)28-8-9-29-23;22-16-2-1-3-17(23)18(16)19-15(21(27-24-19)11-4-5-11)10-26-14-8-12-6-7-13(9-14)20(12)25/h1-3,13-16H,4-12H2;1-3,11-14H,4-10H2. The minimum Gasteiger partial charge on any atom is -0.373 e.